The van der Waals surface area contributed by atoms with Crippen molar-refractivity contribution in [3.63, 3.8) is 0 Å². The van der Waals surface area contributed by atoms with E-state index in [0.717, 1.165) is 0 Å². The first-order valence-electron chi connectivity index (χ1n) is 12.7. The number of aromatic nitrogens is 2. The molecule has 3 aromatic rings. The van der Waals surface area contributed by atoms with Crippen molar-refractivity contribution in [3.05, 3.63) is 64.2 Å². The highest BCUT2D eigenvalue weighted by atomic mass is 35.5. The Morgan fingerprint density at radius 1 is 1.05 bits per heavy atom. The average Bonchev–Trinajstić information content (AvgIpc) is 3.43. The molecule has 0 aliphatic carbocycles. The first kappa shape index (κ1) is 27.9. The van der Waals surface area contributed by atoms with Crippen LogP contribution in [0.2, 0.25) is 10.0 Å². The van der Waals surface area contributed by atoms with E-state index in [0.29, 0.717) is 78.7 Å². The Morgan fingerprint density at radius 2 is 1.73 bits per heavy atom. The van der Waals surface area contributed by atoms with Gasteiger partial charge in [-0.1, -0.05) is 23.2 Å². The molecule has 2 aromatic carbocycles. The van der Waals surface area contributed by atoms with Crippen molar-refractivity contribution in [1.82, 2.24) is 14.9 Å². The van der Waals surface area contributed by atoms with Crippen molar-refractivity contribution in [2.24, 2.45) is 0 Å². The van der Waals surface area contributed by atoms with E-state index in [-0.39, 0.29) is 17.2 Å². The first-order chi connectivity index (χ1) is 19.2. The van der Waals surface area contributed by atoms with Gasteiger partial charge in [0.1, 0.15) is 5.82 Å². The molecule has 0 spiro atoms. The predicted molar refractivity (Wildman–Crippen MR) is 151 cm³/mol. The minimum Gasteiger partial charge on any atom is -0.465 e. The fraction of sp³-hybridized carbons (Fsp3) is 0.333. The number of likely N-dealkylation sites (N-methyl/N-ethyl adjacent to an activating group) is 1. The summed E-state index contributed by atoms with van der Waals surface area (Å²) in [6, 6.07) is 7.09. The molecule has 1 aromatic heterocycles. The summed E-state index contributed by atoms with van der Waals surface area (Å²) in [6.45, 7) is 3.32. The number of rotatable bonds is 6. The van der Waals surface area contributed by atoms with Gasteiger partial charge in [0.25, 0.3) is 5.91 Å². The van der Waals surface area contributed by atoms with E-state index >= 15 is 4.39 Å². The number of halogens is 3. The van der Waals surface area contributed by atoms with Crippen LogP contribution in [0.15, 0.2) is 42.7 Å². The summed E-state index contributed by atoms with van der Waals surface area (Å²) in [6.07, 6.45) is 2.61. The van der Waals surface area contributed by atoms with E-state index in [9.17, 15) is 14.7 Å². The van der Waals surface area contributed by atoms with Crippen LogP contribution in [-0.2, 0) is 4.74 Å². The molecular formula is C27H27Cl2FN6O4. The number of ether oxygens (including phenoxy) is 1. The van der Waals surface area contributed by atoms with Gasteiger partial charge in [-0.2, -0.15) is 0 Å². The normalized spacial score (nSPS) is 17.1. The van der Waals surface area contributed by atoms with Crippen molar-refractivity contribution in [2.45, 2.75) is 12.5 Å². The summed E-state index contributed by atoms with van der Waals surface area (Å²) in [4.78, 5) is 38.7. The second-order valence-corrected chi connectivity index (χ2v) is 10.5. The molecule has 2 aliphatic heterocycles. The molecule has 2 N–H and O–H groups in total. The largest absolute Gasteiger partial charge is 0.465 e. The zero-order chi connectivity index (χ0) is 28.4. The molecule has 0 radical (unpaired) electrons. The number of nitrogens with one attached hydrogen (secondary N) is 1. The van der Waals surface area contributed by atoms with E-state index in [1.807, 2.05) is 9.80 Å². The van der Waals surface area contributed by atoms with Crippen LogP contribution in [0.4, 0.5) is 26.5 Å². The number of nitrogens with zero attached hydrogens (tertiary/aromatic N) is 5. The van der Waals surface area contributed by atoms with Crippen molar-refractivity contribution < 1.29 is 23.8 Å². The average molecular weight is 589 g/mol. The van der Waals surface area contributed by atoms with Crippen LogP contribution in [0, 0.1) is 5.82 Å². The topological polar surface area (TPSA) is 111 Å². The zero-order valence-electron chi connectivity index (χ0n) is 21.6. The van der Waals surface area contributed by atoms with Crippen LogP contribution >= 0.6 is 23.2 Å². The third-order valence-corrected chi connectivity index (χ3v) is 7.49. The van der Waals surface area contributed by atoms with E-state index in [2.05, 4.69) is 15.3 Å². The smallest absolute Gasteiger partial charge is 0.407 e. The monoisotopic (exact) mass is 588 g/mol. The number of hydrogen-bond acceptors (Lipinski definition) is 7. The van der Waals surface area contributed by atoms with Gasteiger partial charge in [-0.05, 0) is 36.8 Å². The van der Waals surface area contributed by atoms with Gasteiger partial charge in [-0.25, -0.2) is 19.2 Å². The summed E-state index contributed by atoms with van der Waals surface area (Å²) >= 11 is 12.2. The SMILES string of the molecule is CN(C(=O)O)C1CCN(c2cc(F)c(-c3cnc(N4CCOCC4)nc3)cc2NC(=O)c2cc(Cl)cc(Cl)c2)C1. The van der Waals surface area contributed by atoms with Crippen LogP contribution in [0.25, 0.3) is 11.1 Å². The lowest BCUT2D eigenvalue weighted by molar-refractivity contribution is 0.102. The number of amides is 2. The molecule has 3 heterocycles. The Hall–Kier alpha value is -3.67. The molecule has 2 fully saturated rings. The Bertz CT molecular complexity index is 1400. The molecular weight excluding hydrogens is 562 g/mol. The maximum Gasteiger partial charge on any atom is 0.407 e. The molecule has 210 valence electrons. The van der Waals surface area contributed by atoms with Gasteiger partial charge >= 0.3 is 6.09 Å². The molecule has 2 saturated heterocycles. The van der Waals surface area contributed by atoms with Gasteiger partial charge < -0.3 is 29.9 Å². The summed E-state index contributed by atoms with van der Waals surface area (Å²) < 4.78 is 21.0. The third kappa shape index (κ3) is 6.06. The lowest BCUT2D eigenvalue weighted by Crippen LogP contribution is -2.38. The van der Waals surface area contributed by atoms with Crippen LogP contribution in [0.3, 0.4) is 0 Å². The molecule has 13 heteroatoms. The summed E-state index contributed by atoms with van der Waals surface area (Å²) in [5.41, 5.74) is 1.64. The number of anilines is 3. The molecule has 40 heavy (non-hydrogen) atoms. The standard InChI is InChI=1S/C27H27Cl2FN6O4/c1-34(27(38)39)20-2-3-36(15-20)24-12-22(30)21(17-13-31-26(32-14-17)35-4-6-40-7-5-35)11-23(24)33-25(37)16-8-18(28)10-19(29)9-16/h8-14,20H,2-7,15H2,1H3,(H,33,37)(H,38,39). The van der Waals surface area contributed by atoms with Crippen molar-refractivity contribution in [2.75, 3.05) is 61.6 Å². The number of morpholine rings is 1. The quantitative estimate of drug-likeness (QED) is 0.419. The van der Waals surface area contributed by atoms with Gasteiger partial charge in [0.05, 0.1) is 30.6 Å². The maximum atomic E-state index is 15.6. The highest BCUT2D eigenvalue weighted by molar-refractivity contribution is 6.35. The Morgan fingerprint density at radius 3 is 2.38 bits per heavy atom. The van der Waals surface area contributed by atoms with Crippen molar-refractivity contribution >= 4 is 52.5 Å². The molecule has 5 rings (SSSR count). The summed E-state index contributed by atoms with van der Waals surface area (Å²) in [7, 11) is 1.51. The van der Waals surface area contributed by atoms with Gasteiger partial charge in [0.2, 0.25) is 5.95 Å². The zero-order valence-corrected chi connectivity index (χ0v) is 23.1. The van der Waals surface area contributed by atoms with Gasteiger partial charge in [0.15, 0.2) is 0 Å². The highest BCUT2D eigenvalue weighted by Gasteiger charge is 2.30. The highest BCUT2D eigenvalue weighted by Crippen LogP contribution is 2.37. The van der Waals surface area contributed by atoms with E-state index in [4.69, 9.17) is 27.9 Å². The van der Waals surface area contributed by atoms with Crippen LogP contribution < -0.4 is 15.1 Å². The number of carboxylic acid groups (broad SMARTS) is 1. The van der Waals surface area contributed by atoms with Crippen LogP contribution in [0.5, 0.6) is 0 Å². The van der Waals surface area contributed by atoms with E-state index in [1.54, 1.807) is 12.4 Å². The second-order valence-electron chi connectivity index (χ2n) is 9.61. The molecule has 0 bridgehead atoms. The minimum atomic E-state index is -1.04. The molecule has 0 saturated carbocycles. The number of hydrogen-bond donors (Lipinski definition) is 2. The van der Waals surface area contributed by atoms with Crippen molar-refractivity contribution in [1.29, 1.82) is 0 Å². The fourth-order valence-electron chi connectivity index (χ4n) is 4.85. The Labute approximate surface area is 240 Å². The minimum absolute atomic E-state index is 0.204. The molecule has 1 unspecified atom stereocenters. The van der Waals surface area contributed by atoms with E-state index < -0.39 is 17.8 Å². The lowest BCUT2D eigenvalue weighted by atomic mass is 10.1. The molecule has 2 amide bonds. The predicted octanol–water partition coefficient (Wildman–Crippen LogP) is 4.87. The van der Waals surface area contributed by atoms with Crippen LogP contribution in [-0.4, -0.2) is 84.5 Å². The molecule has 2 aliphatic rings. The lowest BCUT2D eigenvalue weighted by Gasteiger charge is -2.27. The number of carbonyl (C=O) groups excluding carboxylic acids is 1. The van der Waals surface area contributed by atoms with Crippen molar-refractivity contribution in [3.8, 4) is 11.1 Å². The maximum absolute atomic E-state index is 15.6. The second kappa shape index (κ2) is 11.8. The fourth-order valence-corrected chi connectivity index (χ4v) is 5.37. The van der Waals surface area contributed by atoms with Gasteiger partial charge in [0, 0.05) is 72.4 Å². The summed E-state index contributed by atoms with van der Waals surface area (Å²) in [5, 5.41) is 12.9. The number of carbonyl (C=O) groups is 2. The van der Waals surface area contributed by atoms with E-state index in [1.165, 1.54) is 42.3 Å². The Kier molecular flexibility index (Phi) is 8.24. The van der Waals surface area contributed by atoms with Gasteiger partial charge in [-0.15, -0.1) is 0 Å². The van der Waals surface area contributed by atoms with Crippen LogP contribution in [0.1, 0.15) is 16.8 Å². The number of benzene rings is 2. The third-order valence-electron chi connectivity index (χ3n) is 7.05. The summed E-state index contributed by atoms with van der Waals surface area (Å²) in [5.74, 6) is -0.488. The first-order valence-corrected chi connectivity index (χ1v) is 13.4. The molecule has 1 atom stereocenters. The van der Waals surface area contributed by atoms with Gasteiger partial charge in [-0.3, -0.25) is 4.79 Å². The molecule has 10 nitrogen and oxygen atoms in total. The Balaban J connectivity index is 1.49.